The molecule has 0 spiro atoms. The molecular formula is C26H32Cl2N6O6S2. The van der Waals surface area contributed by atoms with E-state index in [9.17, 15) is 23.1 Å². The van der Waals surface area contributed by atoms with Crippen LogP contribution in [0.5, 0.6) is 5.75 Å². The summed E-state index contributed by atoms with van der Waals surface area (Å²) in [5, 5.41) is 13.5. The Kier molecular flexibility index (Phi) is 12.4. The third kappa shape index (κ3) is 8.26. The van der Waals surface area contributed by atoms with Gasteiger partial charge in [0.15, 0.2) is 5.96 Å². The van der Waals surface area contributed by atoms with Gasteiger partial charge < -0.3 is 32.4 Å². The van der Waals surface area contributed by atoms with Gasteiger partial charge in [-0.25, -0.2) is 13.2 Å². The van der Waals surface area contributed by atoms with E-state index in [0.29, 0.717) is 31.6 Å². The van der Waals surface area contributed by atoms with Crippen LogP contribution in [0.3, 0.4) is 0 Å². The number of nitrogens with one attached hydrogen (secondary N) is 2. The fraction of sp³-hybridized carbons (Fsp3) is 0.269. The number of hydrogen-bond donors (Lipinski definition) is 6. The predicted octanol–water partition coefficient (Wildman–Crippen LogP) is 2.69. The number of sulfonamides is 1. The van der Waals surface area contributed by atoms with Gasteiger partial charge >= 0.3 is 5.97 Å². The average molecular weight is 660 g/mol. The maximum Gasteiger partial charge on any atom is 0.326 e. The topological polar surface area (TPSA) is 212 Å². The van der Waals surface area contributed by atoms with Crippen molar-refractivity contribution in [3.8, 4) is 16.9 Å². The number of carboxylic acid groups (broad SMARTS) is 1. The molecule has 2 aromatic carbocycles. The van der Waals surface area contributed by atoms with Gasteiger partial charge in [0.1, 0.15) is 21.6 Å². The zero-order valence-electron chi connectivity index (χ0n) is 22.2. The van der Waals surface area contributed by atoms with Gasteiger partial charge in [0.2, 0.25) is 0 Å². The lowest BCUT2D eigenvalue weighted by molar-refractivity contribution is -0.139. The molecule has 0 radical (unpaired) electrons. The summed E-state index contributed by atoms with van der Waals surface area (Å²) in [4.78, 5) is 28.4. The molecule has 0 fully saturated rings. The molecule has 0 bridgehead atoms. The largest absolute Gasteiger partial charge is 0.492 e. The number of carboxylic acids is 1. The molecule has 1 aliphatic rings. The van der Waals surface area contributed by atoms with E-state index in [1.807, 2.05) is 30.3 Å². The Balaban J connectivity index is 0.00000308. The zero-order chi connectivity index (χ0) is 28.9. The molecule has 2 heterocycles. The number of halogens is 2. The molecule has 4 rings (SSSR count). The summed E-state index contributed by atoms with van der Waals surface area (Å²) < 4.78 is 35.4. The van der Waals surface area contributed by atoms with Crippen molar-refractivity contribution in [3.63, 3.8) is 0 Å². The van der Waals surface area contributed by atoms with Crippen molar-refractivity contribution in [1.29, 1.82) is 0 Å². The Bertz CT molecular complexity index is 1540. The van der Waals surface area contributed by atoms with Crippen LogP contribution in [0.2, 0.25) is 0 Å². The van der Waals surface area contributed by atoms with E-state index in [4.69, 9.17) is 21.9 Å². The van der Waals surface area contributed by atoms with Crippen molar-refractivity contribution >= 4 is 69.7 Å². The number of aliphatic carboxylic acids is 1. The smallest absolute Gasteiger partial charge is 0.326 e. The molecule has 0 aliphatic carbocycles. The Morgan fingerprint density at radius 3 is 2.45 bits per heavy atom. The molecule has 3 aromatic rings. The number of amides is 1. The zero-order valence-corrected chi connectivity index (χ0v) is 25.5. The second-order valence-corrected chi connectivity index (χ2v) is 11.6. The van der Waals surface area contributed by atoms with Gasteiger partial charge in [-0.1, -0.05) is 24.3 Å². The number of thiophene rings is 1. The highest BCUT2D eigenvalue weighted by atomic mass is 35.5. The standard InChI is InChI=1S/C26H30N6O6S2.2ClH/c27-14-15-3-5-16(6-4-15)18-12-17-7-10-38-22(17)21(13-18)40(36,37)32-19-8-11-39-23(19)24(33)31-20(25(34)35)2-1-9-30-26(28)29;;/h3-6,8,11-13,20,32H,1-2,7,9-10,14,27H2,(H,31,33)(H,34,35)(H4,28,29,30);2*1H. The van der Waals surface area contributed by atoms with E-state index in [2.05, 4.69) is 15.0 Å². The molecule has 228 valence electrons. The van der Waals surface area contributed by atoms with E-state index in [0.717, 1.165) is 28.0 Å². The highest BCUT2D eigenvalue weighted by Gasteiger charge is 2.29. The third-order valence-electron chi connectivity index (χ3n) is 6.23. The molecule has 16 heteroatoms. The number of nitrogens with zero attached hydrogens (tertiary/aromatic N) is 1. The molecule has 12 nitrogen and oxygen atoms in total. The number of hydrogen-bond acceptors (Lipinski definition) is 8. The van der Waals surface area contributed by atoms with Crippen LogP contribution in [0, 0.1) is 0 Å². The Morgan fingerprint density at radius 1 is 1.10 bits per heavy atom. The Morgan fingerprint density at radius 2 is 1.81 bits per heavy atom. The number of anilines is 1. The van der Waals surface area contributed by atoms with Gasteiger partial charge in [-0.3, -0.25) is 14.5 Å². The molecule has 1 unspecified atom stereocenters. The number of guanidine groups is 1. The van der Waals surface area contributed by atoms with Crippen LogP contribution >= 0.6 is 36.2 Å². The first-order chi connectivity index (χ1) is 19.1. The number of ether oxygens (including phenoxy) is 1. The van der Waals surface area contributed by atoms with Crippen molar-refractivity contribution in [2.75, 3.05) is 17.9 Å². The minimum absolute atomic E-state index is 0. The highest BCUT2D eigenvalue weighted by Crippen LogP contribution is 2.38. The molecule has 42 heavy (non-hydrogen) atoms. The quantitative estimate of drug-likeness (QED) is 0.0957. The van der Waals surface area contributed by atoms with Gasteiger partial charge in [-0.05, 0) is 58.7 Å². The van der Waals surface area contributed by atoms with Gasteiger partial charge in [-0.2, -0.15) is 0 Å². The van der Waals surface area contributed by atoms with Crippen molar-refractivity contribution in [2.45, 2.75) is 36.7 Å². The third-order valence-corrected chi connectivity index (χ3v) is 8.51. The Labute approximate surface area is 259 Å². The first-order valence-corrected chi connectivity index (χ1v) is 14.7. The van der Waals surface area contributed by atoms with Crippen molar-refractivity contribution in [3.05, 3.63) is 63.8 Å². The second-order valence-electron chi connectivity index (χ2n) is 9.04. The number of carbonyl (C=O) groups excluding carboxylic acids is 1. The maximum atomic E-state index is 13.6. The first-order valence-electron chi connectivity index (χ1n) is 12.4. The van der Waals surface area contributed by atoms with Crippen molar-refractivity contribution in [1.82, 2.24) is 5.32 Å². The van der Waals surface area contributed by atoms with Gasteiger partial charge in [0, 0.05) is 19.5 Å². The van der Waals surface area contributed by atoms with Crippen LogP contribution in [-0.4, -0.2) is 50.6 Å². The van der Waals surface area contributed by atoms with E-state index in [1.54, 1.807) is 0 Å². The maximum absolute atomic E-state index is 13.6. The lowest BCUT2D eigenvalue weighted by atomic mass is 10.0. The number of carbonyl (C=O) groups is 2. The summed E-state index contributed by atoms with van der Waals surface area (Å²) in [6.45, 7) is 0.942. The second kappa shape index (κ2) is 15.1. The molecule has 1 amide bonds. The molecule has 1 aromatic heterocycles. The lowest BCUT2D eigenvalue weighted by Crippen LogP contribution is -2.40. The summed E-state index contributed by atoms with van der Waals surface area (Å²) in [6, 6.07) is 11.2. The van der Waals surface area contributed by atoms with Crippen LogP contribution in [0.25, 0.3) is 11.1 Å². The average Bonchev–Trinajstić information content (AvgIpc) is 3.58. The van der Waals surface area contributed by atoms with E-state index in [1.165, 1.54) is 17.5 Å². The fourth-order valence-electron chi connectivity index (χ4n) is 4.22. The summed E-state index contributed by atoms with van der Waals surface area (Å²) in [5.41, 5.74) is 19.5. The number of fused-ring (bicyclic) bond motifs is 1. The molecule has 0 saturated carbocycles. The summed E-state index contributed by atoms with van der Waals surface area (Å²) >= 11 is 0.980. The fourth-order valence-corrected chi connectivity index (χ4v) is 6.32. The van der Waals surface area contributed by atoms with Crippen molar-refractivity contribution in [2.24, 2.45) is 22.2 Å². The van der Waals surface area contributed by atoms with E-state index in [-0.39, 0.29) is 64.9 Å². The highest BCUT2D eigenvalue weighted by molar-refractivity contribution is 7.92. The number of rotatable bonds is 12. The van der Waals surface area contributed by atoms with Crippen molar-refractivity contribution < 1.29 is 27.9 Å². The SMILES string of the molecule is Cl.Cl.NCc1ccc(-c2cc3c(c(S(=O)(=O)Nc4ccsc4C(=O)NC(CCCN=C(N)N)C(=O)O)c2)OCC3)cc1. The molecular weight excluding hydrogens is 627 g/mol. The summed E-state index contributed by atoms with van der Waals surface area (Å²) in [6.07, 6.45) is 0.945. The number of aliphatic imine (C=N–C) groups is 1. The molecule has 1 aliphatic heterocycles. The molecule has 1 atom stereocenters. The Hall–Kier alpha value is -3.56. The normalized spacial score (nSPS) is 12.5. The summed E-state index contributed by atoms with van der Waals surface area (Å²) in [7, 11) is -4.20. The summed E-state index contributed by atoms with van der Waals surface area (Å²) in [5.74, 6) is -1.81. The minimum Gasteiger partial charge on any atom is -0.492 e. The first kappa shape index (κ1) is 34.6. The minimum atomic E-state index is -4.20. The van der Waals surface area contributed by atoms with E-state index >= 15 is 0 Å². The van der Waals surface area contributed by atoms with Gasteiger partial charge in [-0.15, -0.1) is 36.2 Å². The molecule has 0 saturated heterocycles. The lowest BCUT2D eigenvalue weighted by Gasteiger charge is -2.16. The van der Waals surface area contributed by atoms with Crippen LogP contribution < -0.4 is 32.0 Å². The predicted molar refractivity (Wildman–Crippen MR) is 167 cm³/mol. The van der Waals surface area contributed by atoms with Gasteiger partial charge in [0.25, 0.3) is 15.9 Å². The molecule has 9 N–H and O–H groups in total. The van der Waals surface area contributed by atoms with Gasteiger partial charge in [0.05, 0.1) is 12.3 Å². The van der Waals surface area contributed by atoms with Crippen LogP contribution in [0.1, 0.15) is 33.6 Å². The van der Waals surface area contributed by atoms with E-state index < -0.39 is 27.9 Å². The van der Waals surface area contributed by atoms with Crippen LogP contribution in [0.15, 0.2) is 57.7 Å². The number of benzene rings is 2. The monoisotopic (exact) mass is 658 g/mol. The van der Waals surface area contributed by atoms with Crippen LogP contribution in [0.4, 0.5) is 5.69 Å². The number of nitrogens with two attached hydrogens (primary N) is 3. The van der Waals surface area contributed by atoms with Crippen LogP contribution in [-0.2, 0) is 27.8 Å².